The van der Waals surface area contributed by atoms with Crippen molar-refractivity contribution in [2.24, 2.45) is 40.9 Å². The summed E-state index contributed by atoms with van der Waals surface area (Å²) in [5, 5.41) is 16.9. The average Bonchev–Trinajstić information content (AvgIpc) is 3.36. The summed E-state index contributed by atoms with van der Waals surface area (Å²) < 4.78 is 1.66. The van der Waals surface area contributed by atoms with Gasteiger partial charge in [0.05, 0.1) is 18.3 Å². The van der Waals surface area contributed by atoms with Crippen LogP contribution in [0.15, 0.2) is 12.4 Å². The molecule has 1 heterocycles. The van der Waals surface area contributed by atoms with Gasteiger partial charge in [-0.05, 0) is 107 Å². The Hall–Kier alpha value is -1.67. The van der Waals surface area contributed by atoms with E-state index in [9.17, 15) is 4.79 Å². The van der Waals surface area contributed by atoms with E-state index in [4.69, 9.17) is 5.26 Å². The first kappa shape index (κ1) is 21.2. The third kappa shape index (κ3) is 3.46. The van der Waals surface area contributed by atoms with Gasteiger partial charge in [0, 0.05) is 17.7 Å². The highest BCUT2D eigenvalue weighted by atomic mass is 16.1. The van der Waals surface area contributed by atoms with Crippen LogP contribution in [0.3, 0.4) is 0 Å². The summed E-state index contributed by atoms with van der Waals surface area (Å²) >= 11 is 0. The lowest BCUT2D eigenvalue weighted by molar-refractivity contribution is -0.131. The van der Waals surface area contributed by atoms with E-state index in [1.165, 1.54) is 51.4 Å². The predicted molar refractivity (Wildman–Crippen MR) is 120 cm³/mol. The second-order valence-electron chi connectivity index (χ2n) is 11.7. The van der Waals surface area contributed by atoms with E-state index in [0.29, 0.717) is 29.3 Å². The molecule has 4 aliphatic carbocycles. The summed E-state index contributed by atoms with van der Waals surface area (Å²) in [4.78, 5) is 13.3. The largest absolute Gasteiger partial charge is 0.315 e. The molecule has 168 valence electrons. The Kier molecular flexibility index (Phi) is 5.28. The normalized spacial score (nSPS) is 44.1. The standard InChI is InChI=1S/C26H38N4O/c1-25(28-3)10-8-19-18(12-25)4-5-21-20(19)9-11-26(2)22(21)6-7-23(26)24(31)16-30-15-17(13-27)14-29-30/h14-15,18-23,28H,4-12,16H2,1-3H3/t18-,19+,20?,21-,22+,23-,25?,26+/m1/s1. The number of ketones is 1. The molecule has 0 bridgehead atoms. The summed E-state index contributed by atoms with van der Waals surface area (Å²) in [6.45, 7) is 5.16. The molecule has 4 fully saturated rings. The van der Waals surface area contributed by atoms with E-state index in [1.807, 2.05) is 0 Å². The summed E-state index contributed by atoms with van der Waals surface area (Å²) in [6, 6.07) is 2.11. The molecule has 8 atom stereocenters. The van der Waals surface area contributed by atoms with Crippen LogP contribution < -0.4 is 5.32 Å². The third-order valence-corrected chi connectivity index (χ3v) is 10.3. The number of carbonyl (C=O) groups excluding carboxylic acids is 1. The number of nitrogens with one attached hydrogen (secondary N) is 1. The highest BCUT2D eigenvalue weighted by Gasteiger charge is 2.58. The van der Waals surface area contributed by atoms with Gasteiger partial charge in [-0.15, -0.1) is 0 Å². The summed E-state index contributed by atoms with van der Waals surface area (Å²) in [5.74, 6) is 4.71. The lowest BCUT2D eigenvalue weighted by Crippen LogP contribution is -2.53. The monoisotopic (exact) mass is 422 g/mol. The molecule has 1 aromatic rings. The van der Waals surface area contributed by atoms with E-state index in [1.54, 1.807) is 17.1 Å². The summed E-state index contributed by atoms with van der Waals surface area (Å²) in [6.07, 6.45) is 14.9. The fourth-order valence-corrected chi connectivity index (χ4v) is 8.64. The smallest absolute Gasteiger partial charge is 0.157 e. The lowest BCUT2D eigenvalue weighted by Gasteiger charge is -2.57. The molecule has 0 spiro atoms. The fourth-order valence-electron chi connectivity index (χ4n) is 8.64. The number of fused-ring (bicyclic) bond motifs is 5. The summed E-state index contributed by atoms with van der Waals surface area (Å²) in [5.41, 5.74) is 1.02. The fraction of sp³-hybridized carbons (Fsp3) is 0.808. The molecule has 5 rings (SSSR count). The van der Waals surface area contributed by atoms with Crippen LogP contribution in [0.25, 0.3) is 0 Å². The van der Waals surface area contributed by atoms with Gasteiger partial charge in [0.1, 0.15) is 6.07 Å². The van der Waals surface area contributed by atoms with E-state index < -0.39 is 0 Å². The van der Waals surface area contributed by atoms with Gasteiger partial charge in [0.2, 0.25) is 0 Å². The average molecular weight is 423 g/mol. The van der Waals surface area contributed by atoms with Crippen molar-refractivity contribution in [1.82, 2.24) is 15.1 Å². The number of nitrogens with zero attached hydrogens (tertiary/aromatic N) is 3. The topological polar surface area (TPSA) is 70.7 Å². The zero-order valence-electron chi connectivity index (χ0n) is 19.4. The minimum Gasteiger partial charge on any atom is -0.315 e. The van der Waals surface area contributed by atoms with Crippen LogP contribution in [-0.2, 0) is 11.3 Å². The molecule has 0 aliphatic heterocycles. The van der Waals surface area contributed by atoms with E-state index in [2.05, 4.69) is 37.4 Å². The van der Waals surface area contributed by atoms with Crippen molar-refractivity contribution in [3.05, 3.63) is 18.0 Å². The van der Waals surface area contributed by atoms with Crippen molar-refractivity contribution >= 4 is 5.78 Å². The first-order valence-electron chi connectivity index (χ1n) is 12.5. The number of aromatic nitrogens is 2. The summed E-state index contributed by atoms with van der Waals surface area (Å²) in [7, 11) is 2.14. The van der Waals surface area contributed by atoms with Gasteiger partial charge >= 0.3 is 0 Å². The van der Waals surface area contributed by atoms with Crippen LogP contribution in [0.4, 0.5) is 0 Å². The van der Waals surface area contributed by atoms with Crippen molar-refractivity contribution in [3.8, 4) is 6.07 Å². The first-order valence-corrected chi connectivity index (χ1v) is 12.5. The minimum atomic E-state index is 0.157. The molecule has 0 saturated heterocycles. The van der Waals surface area contributed by atoms with Gasteiger partial charge in [0.15, 0.2) is 5.78 Å². The number of Topliss-reactive ketones (excluding diaryl/α,β-unsaturated/α-hetero) is 1. The SMILES string of the molecule is CNC1(C)CC[C@@H]2C3CC[C@]4(C)[C@@H](C(=O)Cn5cc(C#N)cn5)CC[C@H]4[C@@H]3CC[C@@H]2C1. The van der Waals surface area contributed by atoms with Crippen LogP contribution >= 0.6 is 0 Å². The van der Waals surface area contributed by atoms with Crippen molar-refractivity contribution in [2.45, 2.75) is 83.7 Å². The molecule has 1 aromatic heterocycles. The van der Waals surface area contributed by atoms with E-state index >= 15 is 0 Å². The lowest BCUT2D eigenvalue weighted by atomic mass is 9.48. The molecule has 1 N–H and O–H groups in total. The van der Waals surface area contributed by atoms with E-state index in [0.717, 1.165) is 30.1 Å². The molecule has 0 aromatic carbocycles. The van der Waals surface area contributed by atoms with Gasteiger partial charge in [0.25, 0.3) is 0 Å². The number of hydrogen-bond acceptors (Lipinski definition) is 4. The van der Waals surface area contributed by atoms with Crippen LogP contribution in [0, 0.1) is 52.3 Å². The molecule has 0 radical (unpaired) electrons. The highest BCUT2D eigenvalue weighted by Crippen LogP contribution is 2.64. The Morgan fingerprint density at radius 3 is 2.71 bits per heavy atom. The minimum absolute atomic E-state index is 0.157. The quantitative estimate of drug-likeness (QED) is 0.771. The molecule has 4 aliphatic rings. The first-order chi connectivity index (χ1) is 14.9. The third-order valence-electron chi connectivity index (χ3n) is 10.3. The molecule has 31 heavy (non-hydrogen) atoms. The number of hydrogen-bond donors (Lipinski definition) is 1. The van der Waals surface area contributed by atoms with Crippen LogP contribution in [0.2, 0.25) is 0 Å². The molecular formula is C26H38N4O. The number of nitriles is 1. The zero-order chi connectivity index (χ0) is 21.8. The maximum Gasteiger partial charge on any atom is 0.157 e. The highest BCUT2D eigenvalue weighted by molar-refractivity contribution is 5.82. The van der Waals surface area contributed by atoms with Crippen molar-refractivity contribution in [3.63, 3.8) is 0 Å². The molecule has 2 unspecified atom stereocenters. The van der Waals surface area contributed by atoms with Crippen molar-refractivity contribution < 1.29 is 4.79 Å². The van der Waals surface area contributed by atoms with Gasteiger partial charge in [-0.25, -0.2) is 0 Å². The van der Waals surface area contributed by atoms with Crippen LogP contribution in [0.5, 0.6) is 0 Å². The van der Waals surface area contributed by atoms with Crippen molar-refractivity contribution in [1.29, 1.82) is 5.26 Å². The van der Waals surface area contributed by atoms with Gasteiger partial charge < -0.3 is 5.32 Å². The van der Waals surface area contributed by atoms with Gasteiger partial charge in [-0.1, -0.05) is 6.92 Å². The predicted octanol–water partition coefficient (Wildman–Crippen LogP) is 4.57. The molecular weight excluding hydrogens is 384 g/mol. The number of carbonyl (C=O) groups is 1. The Bertz CT molecular complexity index is 886. The molecule has 0 amide bonds. The second kappa shape index (κ2) is 7.73. The number of rotatable bonds is 4. The Morgan fingerprint density at radius 2 is 1.97 bits per heavy atom. The zero-order valence-corrected chi connectivity index (χ0v) is 19.4. The van der Waals surface area contributed by atoms with Gasteiger partial charge in [-0.3, -0.25) is 9.48 Å². The maximum absolute atomic E-state index is 13.3. The van der Waals surface area contributed by atoms with Crippen molar-refractivity contribution in [2.75, 3.05) is 7.05 Å². The van der Waals surface area contributed by atoms with Gasteiger partial charge in [-0.2, -0.15) is 10.4 Å². The van der Waals surface area contributed by atoms with Crippen LogP contribution in [-0.4, -0.2) is 28.2 Å². The van der Waals surface area contributed by atoms with E-state index in [-0.39, 0.29) is 11.3 Å². The Labute approximate surface area is 187 Å². The molecule has 5 heteroatoms. The molecule has 4 saturated carbocycles. The second-order valence-corrected chi connectivity index (χ2v) is 11.7. The van der Waals surface area contributed by atoms with Crippen LogP contribution in [0.1, 0.15) is 77.2 Å². The Morgan fingerprint density at radius 1 is 1.16 bits per heavy atom. The Balaban J connectivity index is 1.29. The maximum atomic E-state index is 13.3. The molecule has 5 nitrogen and oxygen atoms in total.